The molecule has 10 heavy (non-hydrogen) atoms. The van der Waals surface area contributed by atoms with Crippen molar-refractivity contribution >= 4 is 0 Å². The summed E-state index contributed by atoms with van der Waals surface area (Å²) < 4.78 is 0. The van der Waals surface area contributed by atoms with E-state index in [1.807, 2.05) is 6.92 Å². The van der Waals surface area contributed by atoms with E-state index in [2.05, 4.69) is 0 Å². The minimum atomic E-state index is -0.730. The molecule has 1 fully saturated rings. The molecule has 1 aliphatic rings. The monoisotopic (exact) mass is 146 g/mol. The second-order valence-corrected chi connectivity index (χ2v) is 3.15. The highest BCUT2D eigenvalue weighted by atomic mass is 16.3. The highest BCUT2D eigenvalue weighted by Crippen LogP contribution is 2.24. The standard InChI is InChI=1S/C7H14O3/c1-4-2-6(9)7(10)3-5(4)8/h4-10H,2-3H2,1H3/t4-,5+,6-,7+/m0/s1. The normalized spacial score (nSPS) is 49.2. The molecule has 0 aliphatic heterocycles. The molecule has 1 rings (SSSR count). The van der Waals surface area contributed by atoms with Crippen molar-refractivity contribution in [2.75, 3.05) is 0 Å². The van der Waals surface area contributed by atoms with Crippen LogP contribution < -0.4 is 0 Å². The van der Waals surface area contributed by atoms with Crippen molar-refractivity contribution in [2.24, 2.45) is 5.92 Å². The molecule has 3 nitrogen and oxygen atoms in total. The lowest BCUT2D eigenvalue weighted by Gasteiger charge is -2.31. The van der Waals surface area contributed by atoms with Crippen LogP contribution in [-0.4, -0.2) is 33.6 Å². The van der Waals surface area contributed by atoms with E-state index in [0.717, 1.165) is 0 Å². The van der Waals surface area contributed by atoms with Gasteiger partial charge in [-0.05, 0) is 12.3 Å². The van der Waals surface area contributed by atoms with Gasteiger partial charge in [0.2, 0.25) is 0 Å². The molecule has 4 atom stereocenters. The second-order valence-electron chi connectivity index (χ2n) is 3.15. The Morgan fingerprint density at radius 3 is 1.90 bits per heavy atom. The minimum absolute atomic E-state index is 0.110. The van der Waals surface area contributed by atoms with Gasteiger partial charge in [0.1, 0.15) is 0 Å². The van der Waals surface area contributed by atoms with E-state index in [4.69, 9.17) is 10.2 Å². The first-order valence-electron chi connectivity index (χ1n) is 3.65. The first-order valence-corrected chi connectivity index (χ1v) is 3.65. The average molecular weight is 146 g/mol. The summed E-state index contributed by atoms with van der Waals surface area (Å²) >= 11 is 0. The van der Waals surface area contributed by atoms with Crippen LogP contribution >= 0.6 is 0 Å². The van der Waals surface area contributed by atoms with Crippen LogP contribution in [0.25, 0.3) is 0 Å². The summed E-state index contributed by atoms with van der Waals surface area (Å²) in [5.74, 6) is 0.110. The summed E-state index contributed by atoms with van der Waals surface area (Å²) in [6.45, 7) is 1.87. The third kappa shape index (κ3) is 1.48. The zero-order chi connectivity index (χ0) is 7.72. The molecule has 0 amide bonds. The predicted molar refractivity (Wildman–Crippen MR) is 36.4 cm³/mol. The van der Waals surface area contributed by atoms with Crippen molar-refractivity contribution in [1.29, 1.82) is 0 Å². The summed E-state index contributed by atoms with van der Waals surface area (Å²) in [7, 11) is 0. The second kappa shape index (κ2) is 2.86. The molecule has 0 aromatic carbocycles. The molecule has 0 heterocycles. The number of aliphatic hydroxyl groups excluding tert-OH is 3. The lowest BCUT2D eigenvalue weighted by Crippen LogP contribution is -2.40. The van der Waals surface area contributed by atoms with Crippen LogP contribution in [0.15, 0.2) is 0 Å². The van der Waals surface area contributed by atoms with Crippen molar-refractivity contribution in [2.45, 2.75) is 38.1 Å². The molecule has 0 radical (unpaired) electrons. The Kier molecular flexibility index (Phi) is 2.28. The van der Waals surface area contributed by atoms with Crippen LogP contribution in [0.1, 0.15) is 19.8 Å². The van der Waals surface area contributed by atoms with Gasteiger partial charge in [-0.1, -0.05) is 6.92 Å². The first kappa shape index (κ1) is 7.98. The van der Waals surface area contributed by atoms with Gasteiger partial charge in [-0.3, -0.25) is 0 Å². The maximum Gasteiger partial charge on any atom is 0.0823 e. The van der Waals surface area contributed by atoms with Crippen molar-refractivity contribution in [3.63, 3.8) is 0 Å². The third-order valence-electron chi connectivity index (χ3n) is 2.20. The average Bonchev–Trinajstić information content (AvgIpc) is 1.84. The van der Waals surface area contributed by atoms with E-state index in [1.165, 1.54) is 0 Å². The van der Waals surface area contributed by atoms with Crippen LogP contribution in [-0.2, 0) is 0 Å². The summed E-state index contributed by atoms with van der Waals surface area (Å²) in [5.41, 5.74) is 0. The Labute approximate surface area is 60.3 Å². The van der Waals surface area contributed by atoms with Crippen LogP contribution in [0.5, 0.6) is 0 Å². The number of rotatable bonds is 0. The van der Waals surface area contributed by atoms with E-state index in [-0.39, 0.29) is 5.92 Å². The Bertz CT molecular complexity index is 89.4. The van der Waals surface area contributed by atoms with Gasteiger partial charge >= 0.3 is 0 Å². The molecule has 3 heteroatoms. The molecule has 0 unspecified atom stereocenters. The Hall–Kier alpha value is -0.120. The summed E-state index contributed by atoms with van der Waals surface area (Å²) in [6, 6.07) is 0. The van der Waals surface area contributed by atoms with Gasteiger partial charge in [-0.15, -0.1) is 0 Å². The number of hydrogen-bond donors (Lipinski definition) is 3. The van der Waals surface area contributed by atoms with Gasteiger partial charge in [0.15, 0.2) is 0 Å². The molecule has 0 bridgehead atoms. The maximum atomic E-state index is 9.19. The largest absolute Gasteiger partial charge is 0.393 e. The van der Waals surface area contributed by atoms with Gasteiger partial charge < -0.3 is 15.3 Å². The maximum absolute atomic E-state index is 9.19. The molecule has 0 saturated heterocycles. The molecule has 3 N–H and O–H groups in total. The fourth-order valence-electron chi connectivity index (χ4n) is 1.33. The molecule has 60 valence electrons. The lowest BCUT2D eigenvalue weighted by molar-refractivity contribution is -0.0728. The van der Waals surface area contributed by atoms with E-state index < -0.39 is 18.3 Å². The van der Waals surface area contributed by atoms with Crippen LogP contribution in [0.2, 0.25) is 0 Å². The van der Waals surface area contributed by atoms with Gasteiger partial charge in [-0.2, -0.15) is 0 Å². The van der Waals surface area contributed by atoms with Gasteiger partial charge in [0, 0.05) is 6.42 Å². The molecule has 0 spiro atoms. The van der Waals surface area contributed by atoms with Crippen LogP contribution in [0, 0.1) is 5.92 Å². The van der Waals surface area contributed by atoms with Gasteiger partial charge in [0.25, 0.3) is 0 Å². The first-order chi connectivity index (χ1) is 4.61. The van der Waals surface area contributed by atoms with Crippen LogP contribution in [0.4, 0.5) is 0 Å². The quantitative estimate of drug-likeness (QED) is 0.431. The Morgan fingerprint density at radius 1 is 0.900 bits per heavy atom. The molecule has 1 saturated carbocycles. The third-order valence-corrected chi connectivity index (χ3v) is 2.20. The summed E-state index contributed by atoms with van der Waals surface area (Å²) in [4.78, 5) is 0. The molecule has 0 aromatic heterocycles. The molecule has 0 aromatic rings. The summed E-state index contributed by atoms with van der Waals surface area (Å²) in [6.07, 6.45) is -1.01. The fourth-order valence-corrected chi connectivity index (χ4v) is 1.33. The van der Waals surface area contributed by atoms with Crippen molar-refractivity contribution in [3.8, 4) is 0 Å². The Balaban J connectivity index is 2.46. The topological polar surface area (TPSA) is 60.7 Å². The van der Waals surface area contributed by atoms with Gasteiger partial charge in [0.05, 0.1) is 18.3 Å². The number of aliphatic hydroxyl groups is 3. The minimum Gasteiger partial charge on any atom is -0.393 e. The summed E-state index contributed by atoms with van der Waals surface area (Å²) in [5, 5.41) is 27.4. The number of hydrogen-bond acceptors (Lipinski definition) is 3. The van der Waals surface area contributed by atoms with E-state index >= 15 is 0 Å². The smallest absolute Gasteiger partial charge is 0.0823 e. The predicted octanol–water partition coefficient (Wildman–Crippen LogP) is -0.501. The van der Waals surface area contributed by atoms with E-state index in [0.29, 0.717) is 12.8 Å². The molecule has 1 aliphatic carbocycles. The zero-order valence-corrected chi connectivity index (χ0v) is 6.07. The van der Waals surface area contributed by atoms with Gasteiger partial charge in [-0.25, -0.2) is 0 Å². The van der Waals surface area contributed by atoms with Crippen molar-refractivity contribution in [3.05, 3.63) is 0 Å². The Morgan fingerprint density at radius 2 is 1.40 bits per heavy atom. The molecular weight excluding hydrogens is 132 g/mol. The van der Waals surface area contributed by atoms with Crippen molar-refractivity contribution in [1.82, 2.24) is 0 Å². The lowest BCUT2D eigenvalue weighted by atomic mass is 9.84. The SMILES string of the molecule is C[C@H]1C[C@H](O)[C@H](O)C[C@H]1O. The highest BCUT2D eigenvalue weighted by Gasteiger charge is 2.31. The fraction of sp³-hybridized carbons (Fsp3) is 1.00. The van der Waals surface area contributed by atoms with Crippen molar-refractivity contribution < 1.29 is 15.3 Å². The van der Waals surface area contributed by atoms with E-state index in [1.54, 1.807) is 0 Å². The van der Waals surface area contributed by atoms with Crippen LogP contribution in [0.3, 0.4) is 0 Å². The highest BCUT2D eigenvalue weighted by molar-refractivity contribution is 4.82. The zero-order valence-electron chi connectivity index (χ0n) is 6.07. The van der Waals surface area contributed by atoms with E-state index in [9.17, 15) is 5.11 Å². The molecular formula is C7H14O3.